The van der Waals surface area contributed by atoms with E-state index in [-0.39, 0.29) is 0 Å². The molecule has 0 fully saturated rings. The fourth-order valence-corrected chi connectivity index (χ4v) is 3.38. The van der Waals surface area contributed by atoms with Crippen molar-refractivity contribution >= 4 is 23.4 Å². The maximum absolute atomic E-state index is 6.39. The molecule has 0 N–H and O–H groups in total. The zero-order chi connectivity index (χ0) is 16.4. The van der Waals surface area contributed by atoms with Gasteiger partial charge in [-0.25, -0.2) is 0 Å². The lowest BCUT2D eigenvalue weighted by Crippen LogP contribution is -2.02. The molecule has 1 aromatic heterocycles. The molecular weight excluding hydrogens is 326 g/mol. The first-order valence-corrected chi connectivity index (χ1v) is 8.89. The Hall–Kier alpha value is -1.78. The van der Waals surface area contributed by atoms with Crippen LogP contribution in [0.25, 0.3) is 17.1 Å². The van der Waals surface area contributed by atoms with E-state index in [2.05, 4.69) is 53.7 Å². The molecule has 5 heteroatoms. The molecular formula is C18H18ClN3S. The molecule has 0 radical (unpaired) electrons. The van der Waals surface area contributed by atoms with E-state index in [0.717, 1.165) is 28.0 Å². The van der Waals surface area contributed by atoms with Gasteiger partial charge in [0, 0.05) is 5.56 Å². The van der Waals surface area contributed by atoms with Gasteiger partial charge in [-0.3, -0.25) is 4.57 Å². The van der Waals surface area contributed by atoms with Crippen molar-refractivity contribution in [2.45, 2.75) is 25.9 Å². The lowest BCUT2D eigenvalue weighted by Gasteiger charge is -2.14. The Balaban J connectivity index is 2.27. The van der Waals surface area contributed by atoms with Crippen LogP contribution < -0.4 is 0 Å². The fourth-order valence-electron chi connectivity index (χ4n) is 2.49. The van der Waals surface area contributed by atoms with Gasteiger partial charge in [0.1, 0.15) is 0 Å². The number of hydrogen-bond acceptors (Lipinski definition) is 3. The second-order valence-corrected chi connectivity index (χ2v) is 6.98. The molecule has 23 heavy (non-hydrogen) atoms. The summed E-state index contributed by atoms with van der Waals surface area (Å²) < 4.78 is 2.11. The van der Waals surface area contributed by atoms with Gasteiger partial charge >= 0.3 is 0 Å². The second kappa shape index (κ2) is 6.77. The minimum atomic E-state index is 0.680. The third-order valence-electron chi connectivity index (χ3n) is 3.63. The normalized spacial score (nSPS) is 11.0. The molecule has 0 aliphatic heterocycles. The van der Waals surface area contributed by atoms with Gasteiger partial charge in [0.2, 0.25) is 0 Å². The zero-order valence-corrected chi connectivity index (χ0v) is 14.9. The zero-order valence-electron chi connectivity index (χ0n) is 13.4. The summed E-state index contributed by atoms with van der Waals surface area (Å²) in [6.07, 6.45) is 0. The van der Waals surface area contributed by atoms with E-state index in [0.29, 0.717) is 5.02 Å². The van der Waals surface area contributed by atoms with Crippen molar-refractivity contribution in [2.75, 3.05) is 5.75 Å². The van der Waals surface area contributed by atoms with Crippen LogP contribution in [0.4, 0.5) is 0 Å². The molecule has 0 saturated heterocycles. The number of rotatable bonds is 4. The molecule has 3 aromatic rings. The predicted octanol–water partition coefficient (Wildman–Crippen LogP) is 5.32. The van der Waals surface area contributed by atoms with Crippen LogP contribution >= 0.6 is 23.4 Å². The molecule has 0 spiro atoms. The van der Waals surface area contributed by atoms with Crippen LogP contribution in [0.2, 0.25) is 5.02 Å². The van der Waals surface area contributed by atoms with E-state index in [9.17, 15) is 0 Å². The Bertz CT molecular complexity index is 842. The van der Waals surface area contributed by atoms with E-state index in [1.807, 2.05) is 24.3 Å². The van der Waals surface area contributed by atoms with Crippen molar-refractivity contribution in [1.29, 1.82) is 0 Å². The summed E-state index contributed by atoms with van der Waals surface area (Å²) in [4.78, 5) is 0. The van der Waals surface area contributed by atoms with Crippen molar-refractivity contribution < 1.29 is 0 Å². The van der Waals surface area contributed by atoms with E-state index in [1.54, 1.807) is 11.8 Å². The van der Waals surface area contributed by atoms with Crippen LogP contribution in [-0.4, -0.2) is 20.5 Å². The molecule has 0 bridgehead atoms. The molecule has 0 aliphatic carbocycles. The Morgan fingerprint density at radius 2 is 1.87 bits per heavy atom. The van der Waals surface area contributed by atoms with E-state index in [1.165, 1.54) is 11.1 Å². The van der Waals surface area contributed by atoms with Gasteiger partial charge in [0.05, 0.1) is 10.7 Å². The number of thioether (sulfide) groups is 1. The van der Waals surface area contributed by atoms with E-state index < -0.39 is 0 Å². The molecule has 0 amide bonds. The number of benzene rings is 2. The van der Waals surface area contributed by atoms with Crippen molar-refractivity contribution in [2.24, 2.45) is 0 Å². The summed E-state index contributed by atoms with van der Waals surface area (Å²) in [5.74, 6) is 1.71. The minimum absolute atomic E-state index is 0.680. The Kier molecular flexibility index (Phi) is 4.74. The molecule has 0 saturated carbocycles. The van der Waals surface area contributed by atoms with Crippen molar-refractivity contribution in [3.63, 3.8) is 0 Å². The predicted molar refractivity (Wildman–Crippen MR) is 97.7 cm³/mol. The Morgan fingerprint density at radius 1 is 1.09 bits per heavy atom. The van der Waals surface area contributed by atoms with Crippen LogP contribution in [0.15, 0.2) is 47.6 Å². The van der Waals surface area contributed by atoms with Gasteiger partial charge in [-0.05, 0) is 48.9 Å². The molecule has 1 heterocycles. The third kappa shape index (κ3) is 3.14. The van der Waals surface area contributed by atoms with Gasteiger partial charge in [-0.15, -0.1) is 10.2 Å². The highest BCUT2D eigenvalue weighted by Gasteiger charge is 2.18. The lowest BCUT2D eigenvalue weighted by molar-refractivity contribution is 0.880. The minimum Gasteiger partial charge on any atom is -0.270 e. The summed E-state index contributed by atoms with van der Waals surface area (Å²) >= 11 is 8.07. The van der Waals surface area contributed by atoms with E-state index >= 15 is 0 Å². The average molecular weight is 344 g/mol. The average Bonchev–Trinajstić information content (AvgIpc) is 2.94. The summed E-state index contributed by atoms with van der Waals surface area (Å²) in [7, 11) is 0. The smallest absolute Gasteiger partial charge is 0.196 e. The number of aromatic nitrogens is 3. The highest BCUT2D eigenvalue weighted by Crippen LogP contribution is 2.33. The van der Waals surface area contributed by atoms with Gasteiger partial charge < -0.3 is 0 Å². The van der Waals surface area contributed by atoms with Crippen LogP contribution in [-0.2, 0) is 0 Å². The van der Waals surface area contributed by atoms with Crippen molar-refractivity contribution in [3.05, 3.63) is 58.6 Å². The number of nitrogens with zero attached hydrogens (tertiary/aromatic N) is 3. The van der Waals surface area contributed by atoms with Gasteiger partial charge in [-0.2, -0.15) is 0 Å². The first-order chi connectivity index (χ1) is 11.1. The largest absolute Gasteiger partial charge is 0.270 e. The van der Waals surface area contributed by atoms with Crippen LogP contribution in [0.1, 0.15) is 18.1 Å². The topological polar surface area (TPSA) is 30.7 Å². The molecule has 0 atom stereocenters. The first-order valence-electron chi connectivity index (χ1n) is 7.52. The molecule has 0 unspecified atom stereocenters. The highest BCUT2D eigenvalue weighted by atomic mass is 35.5. The number of aryl methyl sites for hydroxylation is 2. The molecule has 0 aliphatic rings. The molecule has 3 rings (SSSR count). The van der Waals surface area contributed by atoms with Crippen LogP contribution in [0.5, 0.6) is 0 Å². The number of hydrogen-bond donors (Lipinski definition) is 0. The first kappa shape index (κ1) is 16.1. The maximum Gasteiger partial charge on any atom is 0.196 e. The highest BCUT2D eigenvalue weighted by molar-refractivity contribution is 7.99. The summed E-state index contributed by atoms with van der Waals surface area (Å²) in [6, 6.07) is 14.2. The Labute approximate surface area is 145 Å². The SMILES string of the molecule is CCSc1nnc(-c2ccccc2Cl)n1-c1cc(C)ccc1C. The van der Waals surface area contributed by atoms with Crippen molar-refractivity contribution in [3.8, 4) is 17.1 Å². The summed E-state index contributed by atoms with van der Waals surface area (Å²) in [6.45, 7) is 6.31. The molecule has 118 valence electrons. The summed E-state index contributed by atoms with van der Waals surface area (Å²) in [5.41, 5.74) is 4.38. The van der Waals surface area contributed by atoms with Gasteiger partial charge in [0.25, 0.3) is 0 Å². The molecule has 3 nitrogen and oxygen atoms in total. The van der Waals surface area contributed by atoms with Gasteiger partial charge in [-0.1, -0.05) is 54.6 Å². The van der Waals surface area contributed by atoms with Crippen LogP contribution in [0.3, 0.4) is 0 Å². The third-order valence-corrected chi connectivity index (χ3v) is 4.77. The van der Waals surface area contributed by atoms with Gasteiger partial charge in [0.15, 0.2) is 11.0 Å². The monoisotopic (exact) mass is 343 g/mol. The standard InChI is InChI=1S/C18H18ClN3S/c1-4-23-18-21-20-17(14-7-5-6-8-15(14)19)22(18)16-11-12(2)9-10-13(16)3/h5-11H,4H2,1-3H3. The van der Waals surface area contributed by atoms with Crippen LogP contribution in [0, 0.1) is 13.8 Å². The second-order valence-electron chi connectivity index (χ2n) is 5.34. The van der Waals surface area contributed by atoms with Crippen molar-refractivity contribution in [1.82, 2.24) is 14.8 Å². The maximum atomic E-state index is 6.39. The van der Waals surface area contributed by atoms with E-state index in [4.69, 9.17) is 11.6 Å². The summed E-state index contributed by atoms with van der Waals surface area (Å²) in [5, 5.41) is 10.4. The number of halogens is 1. The molecule has 2 aromatic carbocycles. The lowest BCUT2D eigenvalue weighted by atomic mass is 10.1. The Morgan fingerprint density at radius 3 is 2.61 bits per heavy atom. The fraction of sp³-hybridized carbons (Fsp3) is 0.222. The quantitative estimate of drug-likeness (QED) is 0.601.